The molecule has 8 aromatic carbocycles. The van der Waals surface area contributed by atoms with Crippen molar-refractivity contribution in [3.8, 4) is 85.9 Å². The smallest absolute Gasteiger partial charge is 0.252 e. The molecule has 0 saturated carbocycles. The quantitative estimate of drug-likeness (QED) is 0.0308. The number of nitrogens with zero attached hydrogens (tertiary/aromatic N) is 2. The number of aliphatic hydroxyl groups excluding tert-OH is 7. The van der Waals surface area contributed by atoms with E-state index >= 15 is 28.8 Å². The summed E-state index contributed by atoms with van der Waals surface area (Å²) in [6.07, 6.45) is -13.4. The van der Waals surface area contributed by atoms with Gasteiger partial charge in [-0.1, -0.05) is 105 Å². The Bertz CT molecular complexity index is 5730. The maximum Gasteiger partial charge on any atom is 0.252 e. The Balaban J connectivity index is 0.989. The molecule has 41 heteroatoms. The van der Waals surface area contributed by atoms with E-state index in [1.165, 1.54) is 61.6 Å². The number of carbonyl (C=O) groups is 8. The number of benzene rings is 8. The second-order valence-electron chi connectivity index (χ2n) is 34.8. The van der Waals surface area contributed by atoms with Crippen molar-refractivity contribution in [2.24, 2.45) is 0 Å². The van der Waals surface area contributed by atoms with E-state index in [9.17, 15) is 65.8 Å². The molecule has 8 aromatic rings. The van der Waals surface area contributed by atoms with Gasteiger partial charge in [0.15, 0.2) is 29.1 Å². The average Bonchev–Trinajstić information content (AvgIpc) is 0.756. The van der Waals surface area contributed by atoms with Gasteiger partial charge in [-0.25, -0.2) is 0 Å². The molecule has 2 saturated heterocycles. The number of fused-ring (bicyclic) bond motifs is 14. The molecule has 8 aliphatic rings. The van der Waals surface area contributed by atoms with E-state index in [-0.39, 0.29) is 65.7 Å². The number of hydrogen-bond acceptors (Lipinski definition) is 31. The maximum absolute atomic E-state index is 17.0. The van der Waals surface area contributed by atoms with Gasteiger partial charge in [0.1, 0.15) is 131 Å². The Morgan fingerprint density at radius 2 is 1.15 bits per heavy atom. The number of carbonyl (C=O) groups excluding carboxylic acids is 8. The van der Waals surface area contributed by atoms with Gasteiger partial charge in [0.25, 0.3) is 5.91 Å². The minimum absolute atomic E-state index is 0.0689. The molecule has 732 valence electrons. The molecule has 16 rings (SSSR count). The molecular weight excluding hydrogens is 1820 g/mol. The summed E-state index contributed by atoms with van der Waals surface area (Å²) in [6, 6.07) is 14.1. The highest BCUT2D eigenvalue weighted by atomic mass is 35.5. The van der Waals surface area contributed by atoms with E-state index in [0.29, 0.717) is 49.4 Å². The van der Waals surface area contributed by atoms with E-state index in [2.05, 4.69) is 60.1 Å². The van der Waals surface area contributed by atoms with Gasteiger partial charge in [-0.05, 0) is 191 Å². The van der Waals surface area contributed by atoms with Gasteiger partial charge in [-0.2, -0.15) is 0 Å². The van der Waals surface area contributed by atoms with Gasteiger partial charge in [0.2, 0.25) is 59.7 Å². The van der Waals surface area contributed by atoms with Crippen molar-refractivity contribution in [2.75, 3.05) is 74.6 Å². The first kappa shape index (κ1) is 101. The lowest BCUT2D eigenvalue weighted by Crippen LogP contribution is -2.66. The molecular formula is C96H112Cl2N12O27. The molecule has 0 radical (unpaired) electrons. The monoisotopic (exact) mass is 1930 g/mol. The van der Waals surface area contributed by atoms with E-state index < -0.39 is 247 Å². The van der Waals surface area contributed by atoms with E-state index in [1.807, 2.05) is 23.9 Å². The predicted octanol–water partition coefficient (Wildman–Crippen LogP) is 4.79. The van der Waals surface area contributed by atoms with Gasteiger partial charge in [0.05, 0.1) is 29.3 Å². The number of aliphatic hydroxyl groups is 7. The summed E-state index contributed by atoms with van der Waals surface area (Å²) in [5.74, 6) is -15.0. The van der Waals surface area contributed by atoms with Crippen molar-refractivity contribution < 1.29 is 132 Å². The van der Waals surface area contributed by atoms with Crippen LogP contribution in [-0.2, 0) is 60.8 Å². The molecule has 2 fully saturated rings. The van der Waals surface area contributed by atoms with Crippen LogP contribution in [0.15, 0.2) is 140 Å². The van der Waals surface area contributed by atoms with Crippen LogP contribution >= 0.6 is 23.2 Å². The molecule has 8 amide bonds. The van der Waals surface area contributed by atoms with Gasteiger partial charge < -0.3 is 157 Å². The van der Waals surface area contributed by atoms with Crippen LogP contribution in [0.1, 0.15) is 139 Å². The fourth-order valence-corrected chi connectivity index (χ4v) is 17.3. The van der Waals surface area contributed by atoms with Crippen LogP contribution in [0.5, 0.6) is 74.7 Å². The molecule has 0 aliphatic carbocycles. The number of likely N-dealkylation sites (N-methyl/N-ethyl adjacent to an activating group) is 1. The van der Waals surface area contributed by atoms with Crippen molar-refractivity contribution in [3.63, 3.8) is 0 Å². The van der Waals surface area contributed by atoms with Crippen molar-refractivity contribution in [1.82, 2.24) is 63.0 Å². The van der Waals surface area contributed by atoms with Crippen LogP contribution in [0.3, 0.4) is 0 Å². The number of halogens is 2. The molecule has 39 nitrogen and oxygen atoms in total. The molecule has 137 heavy (non-hydrogen) atoms. The Hall–Kier alpha value is -12.4. The third-order valence-electron chi connectivity index (χ3n) is 24.3. The highest BCUT2D eigenvalue weighted by Gasteiger charge is 2.51. The lowest BCUT2D eigenvalue weighted by Gasteiger charge is -2.42. The lowest BCUT2D eigenvalue weighted by molar-refractivity contribution is -0.277. The SMILES string of the molecule is CCCCCCCCOc1ccc(CNC2[C@H](Oc3c4cc5cc3Oc3ccc(cc3Cl)[C@@H](O)C3NC(=O)[C@H](NC(=O)[C@@H]5NC(=O)[C@H]5NC(=O)[C@@H](Cc6ccc(cc6)O4)NC(=O)[C@H](NC)c4ccc(O)c(c4)Oc4cc(O)c(Cl)c5c4)c4ccc(O)c(c4)-c4c(O[C@H]5O[C@H](CO)[C@@H](O)[C@H](O)[C@@H]5O)cc(O)cc4[C@@H](C(=O)NCCCN(C)C)NC3=O)OC(C(=O)NCCCN(C)C)C(O)[C@@H]2O)cc1. The summed E-state index contributed by atoms with van der Waals surface area (Å²) in [4.78, 5) is 130. The predicted molar refractivity (Wildman–Crippen MR) is 493 cm³/mol. The summed E-state index contributed by atoms with van der Waals surface area (Å²) < 4.78 is 52.0. The average molecular weight is 1940 g/mol. The molecule has 21 N–H and O–H groups in total. The number of rotatable bonds is 27. The molecule has 0 spiro atoms. The third kappa shape index (κ3) is 23.5. The van der Waals surface area contributed by atoms with Crippen molar-refractivity contribution >= 4 is 70.5 Å². The lowest BCUT2D eigenvalue weighted by atomic mass is 9.89. The highest BCUT2D eigenvalue weighted by molar-refractivity contribution is 6.33. The second kappa shape index (κ2) is 44.8. The van der Waals surface area contributed by atoms with Crippen LogP contribution < -0.4 is 81.6 Å². The number of nitrogens with one attached hydrogen (secondary N) is 10. The Labute approximate surface area is 797 Å². The van der Waals surface area contributed by atoms with Crippen molar-refractivity contribution in [2.45, 2.75) is 181 Å². The minimum atomic E-state index is -2.41. The second-order valence-corrected chi connectivity index (χ2v) is 35.6. The standard InChI is InChI=1S/C96H112Cl2N12O27/c1-7-8-9-10-11-12-33-130-53-22-17-47(18-23-53)44-102-78-81(118)83(120)86(94(129)101-30-14-32-110(5)6)137-95(78)136-85-67-38-51-39-68(85)133-64-28-21-50(36-59(64)97)79(116)77-93(128)107-75(88(123)100-29-13-31-109(3)4)57-40-52(112)41-66(134-96-84(121)82(119)80(117)69(45-111)135-96)70(57)56-35-48(19-26-61(56)113)73(90(125)108-77)104-91(126)74(51)105-92(127)76-58-42-55(43-63(115)71(58)98)132-65-37-49(20-27-62(65)114)72(99-2)89(124)103-60(87(122)106-76)34-46-15-24-54(131-67)25-16-46/h15-28,35-43,60,69,72-84,86,95-96,99,102,111-121H,7-14,29-34,44-45H2,1-6H3,(H,100,123)(H,101,129)(H,103,124)(H,104,126)(H,105,127)(H,106,122)(H,107,128)(H,108,125)/t60-,69-,72-,73-,74-,75+,76+,77?,78?,79-,80-,81-,82+,83?,84+,86?,95-,96+/m1/s1. The van der Waals surface area contributed by atoms with Crippen LogP contribution in [-0.4, -0.2) is 261 Å². The van der Waals surface area contributed by atoms with Crippen molar-refractivity contribution in [3.05, 3.63) is 194 Å². The largest absolute Gasteiger partial charge is 0.508 e. The fraction of sp³-hybridized carbons (Fsp3) is 0.417. The first-order valence-corrected chi connectivity index (χ1v) is 45.7. The summed E-state index contributed by atoms with van der Waals surface area (Å²) >= 11 is 14.5. The van der Waals surface area contributed by atoms with Crippen molar-refractivity contribution in [1.29, 1.82) is 0 Å². The van der Waals surface area contributed by atoms with E-state index in [0.717, 1.165) is 99.2 Å². The number of phenols is 4. The first-order valence-electron chi connectivity index (χ1n) is 44.9. The van der Waals surface area contributed by atoms with Gasteiger partial charge in [-0.3, -0.25) is 38.4 Å². The third-order valence-corrected chi connectivity index (χ3v) is 25.0. The van der Waals surface area contributed by atoms with Gasteiger partial charge in [-0.15, -0.1) is 0 Å². The van der Waals surface area contributed by atoms with Gasteiger partial charge in [0, 0.05) is 54.9 Å². The number of ether oxygens (including phenoxy) is 8. The Morgan fingerprint density at radius 3 is 1.85 bits per heavy atom. The molecule has 4 unspecified atom stereocenters. The first-order chi connectivity index (χ1) is 65.6. The summed E-state index contributed by atoms with van der Waals surface area (Å²) in [6.45, 7) is 2.50. The normalized spacial score (nSPS) is 24.9. The zero-order chi connectivity index (χ0) is 97.9. The Morgan fingerprint density at radius 1 is 0.518 bits per heavy atom. The molecule has 8 aliphatic heterocycles. The van der Waals surface area contributed by atoms with Crippen LogP contribution in [0.25, 0.3) is 11.1 Å². The highest BCUT2D eigenvalue weighted by Crippen LogP contribution is 2.51. The van der Waals surface area contributed by atoms with E-state index in [1.54, 1.807) is 38.4 Å². The number of phenolic OH excluding ortho intramolecular Hbond substituents is 4. The van der Waals surface area contributed by atoms with E-state index in [4.69, 9.17) is 61.1 Å². The van der Waals surface area contributed by atoms with Crippen LogP contribution in [0, 0.1) is 0 Å². The Kier molecular flexibility index (Phi) is 32.9. The number of unbranched alkanes of at least 4 members (excludes halogenated alkanes) is 5. The topological polar surface area (TPSA) is 560 Å². The maximum atomic E-state index is 17.0. The zero-order valence-corrected chi connectivity index (χ0v) is 77.1. The van der Waals surface area contributed by atoms with Gasteiger partial charge >= 0.3 is 0 Å². The molecule has 8 heterocycles. The molecule has 17 bridgehead atoms. The fourth-order valence-electron chi connectivity index (χ4n) is 16.9. The minimum Gasteiger partial charge on any atom is -0.508 e. The zero-order valence-electron chi connectivity index (χ0n) is 75.6. The molecule has 18 atom stereocenters. The van der Waals surface area contributed by atoms with Crippen LogP contribution in [0.2, 0.25) is 10.0 Å². The summed E-state index contributed by atoms with van der Waals surface area (Å²) in [7, 11) is 8.67. The number of aromatic hydroxyl groups is 4. The number of hydrogen-bond donors (Lipinski definition) is 21. The molecule has 0 aromatic heterocycles. The number of amides is 8. The van der Waals surface area contributed by atoms with Crippen LogP contribution in [0.4, 0.5) is 0 Å². The summed E-state index contributed by atoms with van der Waals surface area (Å²) in [5.41, 5.74) is -1.79. The summed E-state index contributed by atoms with van der Waals surface area (Å²) in [5, 5.41) is 156.